The molecule has 1 aliphatic heterocycles. The average Bonchev–Trinajstić information content (AvgIpc) is 3.29. The van der Waals surface area contributed by atoms with Crippen molar-refractivity contribution in [2.45, 2.75) is 62.2 Å². The van der Waals surface area contributed by atoms with Gasteiger partial charge in [-0.15, -0.1) is 0 Å². The van der Waals surface area contributed by atoms with Crippen molar-refractivity contribution in [1.29, 1.82) is 0 Å². The van der Waals surface area contributed by atoms with E-state index in [2.05, 4.69) is 10.4 Å². The number of carbonyl (C=O) groups is 1. The summed E-state index contributed by atoms with van der Waals surface area (Å²) in [5.74, 6) is -0.508. The van der Waals surface area contributed by atoms with Gasteiger partial charge in [-0.2, -0.15) is 5.10 Å². The van der Waals surface area contributed by atoms with E-state index in [4.69, 9.17) is 16.3 Å². The Morgan fingerprint density at radius 2 is 2.16 bits per heavy atom. The monoisotopic (exact) mass is 469 g/mol. The second-order valence-electron chi connectivity index (χ2n) is 8.59. The molecule has 8 nitrogen and oxygen atoms in total. The van der Waals surface area contributed by atoms with Crippen LogP contribution in [0, 0.1) is 0 Å². The predicted octanol–water partition coefficient (Wildman–Crippen LogP) is 3.00. The molecule has 1 aromatic carbocycles. The second kappa shape index (κ2) is 9.28. The molecule has 1 fully saturated rings. The number of nitrogens with zero attached hydrogens (tertiary/aromatic N) is 2. The zero-order valence-electron chi connectivity index (χ0n) is 17.8. The molecule has 0 unspecified atom stereocenters. The first-order valence-corrected chi connectivity index (χ1v) is 12.4. The first-order valence-electron chi connectivity index (χ1n) is 10.1. The van der Waals surface area contributed by atoms with Crippen LogP contribution in [0.15, 0.2) is 35.4 Å². The number of carbonyl (C=O) groups excluding carboxylic acids is 1. The molecule has 0 bridgehead atoms. The van der Waals surface area contributed by atoms with Crippen molar-refractivity contribution in [3.63, 3.8) is 0 Å². The van der Waals surface area contributed by atoms with Crippen LogP contribution in [-0.4, -0.2) is 53.8 Å². The lowest BCUT2D eigenvalue weighted by Gasteiger charge is -2.21. The van der Waals surface area contributed by atoms with Crippen molar-refractivity contribution in [3.05, 3.63) is 41.0 Å². The molecule has 2 N–H and O–H groups in total. The van der Waals surface area contributed by atoms with E-state index in [1.54, 1.807) is 36.9 Å². The first-order chi connectivity index (χ1) is 14.4. The van der Waals surface area contributed by atoms with Crippen molar-refractivity contribution in [2.75, 3.05) is 18.2 Å². The van der Waals surface area contributed by atoms with E-state index in [1.165, 1.54) is 12.1 Å². The van der Waals surface area contributed by atoms with Gasteiger partial charge in [0.25, 0.3) is 0 Å². The molecule has 3 rings (SSSR count). The second-order valence-corrected chi connectivity index (χ2v) is 11.0. The van der Waals surface area contributed by atoms with E-state index in [-0.39, 0.29) is 28.5 Å². The number of amides is 1. The number of hydrogen-bond donors (Lipinski definition) is 2. The molecule has 0 spiro atoms. The highest BCUT2D eigenvalue weighted by Crippen LogP contribution is 2.32. The molecule has 2 aromatic rings. The molecular formula is C21H28ClN3O5S. The third-order valence-corrected chi connectivity index (χ3v) is 6.62. The summed E-state index contributed by atoms with van der Waals surface area (Å²) in [7, 11) is -3.47. The Morgan fingerprint density at radius 3 is 2.74 bits per heavy atom. The summed E-state index contributed by atoms with van der Waals surface area (Å²) >= 11 is 6.22. The lowest BCUT2D eigenvalue weighted by Crippen LogP contribution is -2.27. The number of halogens is 1. The van der Waals surface area contributed by atoms with E-state index < -0.39 is 21.4 Å². The molecule has 0 aliphatic carbocycles. The zero-order chi connectivity index (χ0) is 22.8. The van der Waals surface area contributed by atoms with E-state index in [9.17, 15) is 18.3 Å². The molecule has 2 heterocycles. The molecular weight excluding hydrogens is 442 g/mol. The van der Waals surface area contributed by atoms with Crippen molar-refractivity contribution in [1.82, 2.24) is 9.78 Å². The summed E-state index contributed by atoms with van der Waals surface area (Å²) in [6.45, 7) is 4.29. The van der Waals surface area contributed by atoms with Gasteiger partial charge in [-0.1, -0.05) is 17.7 Å². The quantitative estimate of drug-likeness (QED) is 0.614. The zero-order valence-corrected chi connectivity index (χ0v) is 19.4. The van der Waals surface area contributed by atoms with Crippen molar-refractivity contribution in [2.24, 2.45) is 0 Å². The fourth-order valence-corrected chi connectivity index (χ4v) is 4.99. The van der Waals surface area contributed by atoms with Gasteiger partial charge < -0.3 is 15.2 Å². The Balaban J connectivity index is 1.83. The largest absolute Gasteiger partial charge is 0.389 e. The van der Waals surface area contributed by atoms with Crippen molar-refractivity contribution < 1.29 is 23.1 Å². The van der Waals surface area contributed by atoms with Gasteiger partial charge in [0.05, 0.1) is 34.1 Å². The molecule has 1 amide bonds. The fraction of sp³-hybridized carbons (Fsp3) is 0.524. The minimum absolute atomic E-state index is 0.0274. The Morgan fingerprint density at radius 1 is 1.42 bits per heavy atom. The number of benzene rings is 1. The van der Waals surface area contributed by atoms with Crippen molar-refractivity contribution in [3.8, 4) is 0 Å². The molecule has 1 saturated heterocycles. The Kier molecular flexibility index (Phi) is 7.10. The molecule has 2 atom stereocenters. The van der Waals surface area contributed by atoms with Crippen LogP contribution in [0.25, 0.3) is 0 Å². The summed E-state index contributed by atoms with van der Waals surface area (Å²) in [5.41, 5.74) is -0.324. The van der Waals surface area contributed by atoms with E-state index >= 15 is 0 Å². The van der Waals surface area contributed by atoms with Gasteiger partial charge >= 0.3 is 0 Å². The number of anilines is 1. The van der Waals surface area contributed by atoms with Crippen LogP contribution in [0.3, 0.4) is 0 Å². The van der Waals surface area contributed by atoms with Gasteiger partial charge in [-0.3, -0.25) is 9.48 Å². The number of aromatic nitrogens is 2. The van der Waals surface area contributed by atoms with E-state index in [0.717, 1.165) is 19.1 Å². The molecule has 1 aromatic heterocycles. The van der Waals surface area contributed by atoms with Crippen LogP contribution in [-0.2, 0) is 25.9 Å². The van der Waals surface area contributed by atoms with Gasteiger partial charge in [0.2, 0.25) is 5.91 Å². The van der Waals surface area contributed by atoms with Crippen molar-refractivity contribution >= 4 is 33.2 Å². The fourth-order valence-electron chi connectivity index (χ4n) is 3.65. The summed E-state index contributed by atoms with van der Waals surface area (Å²) in [6, 6.07) is 6.24. The number of aliphatic hydroxyl groups is 1. The van der Waals surface area contributed by atoms with Crippen LogP contribution >= 0.6 is 11.6 Å². The SMILES string of the molecule is CC(C)(O)Cn1ccc(NC(=O)[C@H](C[C@H]2CCCO2)c2ccc(S(C)(=O)=O)c(Cl)c2)n1. The van der Waals surface area contributed by atoms with Gasteiger partial charge in [-0.05, 0) is 50.8 Å². The van der Waals surface area contributed by atoms with Gasteiger partial charge in [0.1, 0.15) is 0 Å². The Hall–Kier alpha value is -1.94. The summed E-state index contributed by atoms with van der Waals surface area (Å²) < 4.78 is 31.0. The van der Waals surface area contributed by atoms with E-state index in [0.29, 0.717) is 24.4 Å². The van der Waals surface area contributed by atoms with Crippen LogP contribution in [0.5, 0.6) is 0 Å². The third kappa shape index (κ3) is 6.52. The number of hydrogen-bond acceptors (Lipinski definition) is 6. The van der Waals surface area contributed by atoms with E-state index in [1.807, 2.05) is 0 Å². The molecule has 0 saturated carbocycles. The van der Waals surface area contributed by atoms with Gasteiger partial charge in [0, 0.05) is 25.1 Å². The van der Waals surface area contributed by atoms with Crippen LogP contribution in [0.4, 0.5) is 5.82 Å². The van der Waals surface area contributed by atoms with Crippen LogP contribution in [0.1, 0.15) is 44.6 Å². The molecule has 31 heavy (non-hydrogen) atoms. The number of sulfone groups is 1. The highest BCUT2D eigenvalue weighted by atomic mass is 35.5. The topological polar surface area (TPSA) is 111 Å². The standard InChI is InChI=1S/C21H28ClN3O5S/c1-21(2,27)13-25-9-8-19(24-25)23-20(26)16(12-15-5-4-10-30-15)14-6-7-18(17(22)11-14)31(3,28)29/h6-9,11,15-16,27H,4-5,10,12-13H2,1-3H3,(H,23,24,26)/t15-,16-/m1/s1. The minimum atomic E-state index is -3.47. The first kappa shape index (κ1) is 23.7. The lowest BCUT2D eigenvalue weighted by molar-refractivity contribution is -0.118. The summed E-state index contributed by atoms with van der Waals surface area (Å²) in [5, 5.41) is 17.1. The third-order valence-electron chi connectivity index (χ3n) is 5.04. The number of ether oxygens (including phenoxy) is 1. The van der Waals surface area contributed by atoms with Crippen LogP contribution < -0.4 is 5.32 Å². The minimum Gasteiger partial charge on any atom is -0.389 e. The normalized spacial score (nSPS) is 18.2. The maximum atomic E-state index is 13.2. The van der Waals surface area contributed by atoms with Gasteiger partial charge in [0.15, 0.2) is 15.7 Å². The highest BCUT2D eigenvalue weighted by molar-refractivity contribution is 7.90. The highest BCUT2D eigenvalue weighted by Gasteiger charge is 2.29. The van der Waals surface area contributed by atoms with Crippen LogP contribution in [0.2, 0.25) is 5.02 Å². The predicted molar refractivity (Wildman–Crippen MR) is 118 cm³/mol. The average molecular weight is 470 g/mol. The molecule has 10 heteroatoms. The Labute approximate surface area is 187 Å². The maximum absolute atomic E-state index is 13.2. The Bertz CT molecular complexity index is 1040. The lowest BCUT2D eigenvalue weighted by atomic mass is 9.91. The molecule has 1 aliphatic rings. The summed E-state index contributed by atoms with van der Waals surface area (Å²) in [4.78, 5) is 13.2. The van der Waals surface area contributed by atoms with Gasteiger partial charge in [-0.25, -0.2) is 8.42 Å². The molecule has 0 radical (unpaired) electrons. The number of rotatable bonds is 8. The molecule has 170 valence electrons. The maximum Gasteiger partial charge on any atom is 0.233 e. The number of nitrogens with one attached hydrogen (secondary N) is 1. The summed E-state index contributed by atoms with van der Waals surface area (Å²) in [6.07, 6.45) is 4.96. The smallest absolute Gasteiger partial charge is 0.233 e.